The van der Waals surface area contributed by atoms with Crippen molar-refractivity contribution in [3.63, 3.8) is 0 Å². The number of esters is 2. The van der Waals surface area contributed by atoms with Crippen LogP contribution in [0.5, 0.6) is 0 Å². The summed E-state index contributed by atoms with van der Waals surface area (Å²) in [6.07, 6.45) is 2.45. The fourth-order valence-electron chi connectivity index (χ4n) is 2.17. The zero-order chi connectivity index (χ0) is 17.4. The van der Waals surface area contributed by atoms with Crippen molar-refractivity contribution in [1.82, 2.24) is 0 Å². The van der Waals surface area contributed by atoms with E-state index in [0.717, 1.165) is 18.4 Å². The van der Waals surface area contributed by atoms with Crippen molar-refractivity contribution in [2.24, 2.45) is 5.92 Å². The number of aryl methyl sites for hydroxylation is 1. The summed E-state index contributed by atoms with van der Waals surface area (Å²) in [6, 6.07) is 3.11. The molecule has 0 radical (unpaired) electrons. The van der Waals surface area contributed by atoms with E-state index in [4.69, 9.17) is 21.1 Å². The maximum Gasteiger partial charge on any atom is 0.339 e. The van der Waals surface area contributed by atoms with Crippen molar-refractivity contribution in [2.45, 2.75) is 47.0 Å². The van der Waals surface area contributed by atoms with Gasteiger partial charge in [-0.1, -0.05) is 32.4 Å². The van der Waals surface area contributed by atoms with Gasteiger partial charge in [0.15, 0.2) is 0 Å². The Balaban J connectivity index is 2.96. The third-order valence-electron chi connectivity index (χ3n) is 3.44. The van der Waals surface area contributed by atoms with Crippen molar-refractivity contribution in [3.8, 4) is 0 Å². The van der Waals surface area contributed by atoms with Crippen LogP contribution in [0.4, 0.5) is 0 Å². The molecule has 0 saturated heterocycles. The Hall–Kier alpha value is -1.55. The number of ether oxygens (including phenoxy) is 2. The third kappa shape index (κ3) is 5.87. The normalized spacial score (nSPS) is 10.7. The van der Waals surface area contributed by atoms with Crippen LogP contribution < -0.4 is 0 Å². The minimum atomic E-state index is -0.564. The van der Waals surface area contributed by atoms with Crippen LogP contribution in [0.15, 0.2) is 12.1 Å². The topological polar surface area (TPSA) is 52.6 Å². The van der Waals surface area contributed by atoms with Gasteiger partial charge in [-0.25, -0.2) is 9.59 Å². The summed E-state index contributed by atoms with van der Waals surface area (Å²) in [6.45, 7) is 8.45. The van der Waals surface area contributed by atoms with Crippen molar-refractivity contribution in [2.75, 3.05) is 13.2 Å². The predicted octanol–water partition coefficient (Wildman–Crippen LogP) is 4.67. The van der Waals surface area contributed by atoms with Crippen LogP contribution >= 0.6 is 11.6 Å². The number of hydrogen-bond donors (Lipinski definition) is 0. The van der Waals surface area contributed by atoms with Gasteiger partial charge in [0.2, 0.25) is 0 Å². The van der Waals surface area contributed by atoms with Gasteiger partial charge in [-0.15, -0.1) is 0 Å². The van der Waals surface area contributed by atoms with Gasteiger partial charge in [0.1, 0.15) is 0 Å². The Morgan fingerprint density at radius 3 is 2.26 bits per heavy atom. The first kappa shape index (κ1) is 19.5. The van der Waals surface area contributed by atoms with Crippen LogP contribution in [0, 0.1) is 5.92 Å². The summed E-state index contributed by atoms with van der Waals surface area (Å²) in [5, 5.41) is 0.451. The molecule has 0 spiro atoms. The molecule has 0 fully saturated rings. The summed E-state index contributed by atoms with van der Waals surface area (Å²) in [5.74, 6) is -0.514. The maximum absolute atomic E-state index is 12.3. The number of rotatable bonds is 8. The number of hydrogen-bond acceptors (Lipinski definition) is 4. The molecule has 0 aliphatic carbocycles. The molecule has 0 N–H and O–H groups in total. The van der Waals surface area contributed by atoms with Crippen LogP contribution in [0.2, 0.25) is 5.02 Å². The Kier molecular flexibility index (Phi) is 8.10. The lowest BCUT2D eigenvalue weighted by molar-refractivity contribution is 0.0460. The maximum atomic E-state index is 12.3. The molecular weight excluding hydrogens is 316 g/mol. The molecule has 1 aromatic rings. The van der Waals surface area contributed by atoms with Crippen molar-refractivity contribution in [1.29, 1.82) is 0 Å². The predicted molar refractivity (Wildman–Crippen MR) is 91.1 cm³/mol. The van der Waals surface area contributed by atoms with Gasteiger partial charge in [0.05, 0.1) is 24.3 Å². The lowest BCUT2D eigenvalue weighted by Crippen LogP contribution is -2.15. The van der Waals surface area contributed by atoms with E-state index in [0.29, 0.717) is 24.0 Å². The first-order valence-corrected chi connectivity index (χ1v) is 8.45. The van der Waals surface area contributed by atoms with Crippen LogP contribution in [-0.2, 0) is 15.9 Å². The standard InChI is InChI=1S/C18H25ClO4/c1-5-13-10-14(18(21)23-9-7-8-12(3)4)15(11-16(13)19)17(20)22-6-2/h10-12H,5-9H2,1-4H3. The highest BCUT2D eigenvalue weighted by Gasteiger charge is 2.21. The minimum absolute atomic E-state index is 0.155. The first-order chi connectivity index (χ1) is 10.9. The zero-order valence-electron chi connectivity index (χ0n) is 14.3. The molecule has 1 aromatic carbocycles. The van der Waals surface area contributed by atoms with E-state index >= 15 is 0 Å². The number of carbonyl (C=O) groups excluding carboxylic acids is 2. The summed E-state index contributed by atoms with van der Waals surface area (Å²) < 4.78 is 10.3. The van der Waals surface area contributed by atoms with Crippen LogP contribution in [-0.4, -0.2) is 25.2 Å². The molecule has 0 amide bonds. The molecule has 0 unspecified atom stereocenters. The van der Waals surface area contributed by atoms with Crippen LogP contribution in [0.1, 0.15) is 66.8 Å². The molecule has 0 aliphatic heterocycles. The second-order valence-electron chi connectivity index (χ2n) is 5.74. The molecule has 0 aromatic heterocycles. The van der Waals surface area contributed by atoms with E-state index in [9.17, 15) is 9.59 Å². The first-order valence-electron chi connectivity index (χ1n) is 8.07. The summed E-state index contributed by atoms with van der Waals surface area (Å²) >= 11 is 6.15. The summed E-state index contributed by atoms with van der Waals surface area (Å²) in [4.78, 5) is 24.4. The van der Waals surface area contributed by atoms with Gasteiger partial charge in [0, 0.05) is 5.02 Å². The van der Waals surface area contributed by atoms with E-state index in [2.05, 4.69) is 13.8 Å². The smallest absolute Gasteiger partial charge is 0.339 e. The molecule has 5 heteroatoms. The highest BCUT2D eigenvalue weighted by atomic mass is 35.5. The van der Waals surface area contributed by atoms with Crippen molar-refractivity contribution < 1.29 is 19.1 Å². The third-order valence-corrected chi connectivity index (χ3v) is 3.79. The Morgan fingerprint density at radius 2 is 1.70 bits per heavy atom. The van der Waals surface area contributed by atoms with Gasteiger partial charge in [-0.05, 0) is 49.8 Å². The van der Waals surface area contributed by atoms with E-state index in [1.165, 1.54) is 6.07 Å². The minimum Gasteiger partial charge on any atom is -0.462 e. The van der Waals surface area contributed by atoms with Crippen molar-refractivity contribution >= 4 is 23.5 Å². The largest absolute Gasteiger partial charge is 0.462 e. The molecule has 128 valence electrons. The van der Waals surface area contributed by atoms with Gasteiger partial charge in [0.25, 0.3) is 0 Å². The average Bonchev–Trinajstić information content (AvgIpc) is 2.51. The van der Waals surface area contributed by atoms with Gasteiger partial charge >= 0.3 is 11.9 Å². The molecular formula is C18H25ClO4. The van der Waals surface area contributed by atoms with E-state index in [-0.39, 0.29) is 17.7 Å². The molecule has 0 aliphatic rings. The molecule has 0 atom stereocenters. The molecule has 0 heterocycles. The second-order valence-corrected chi connectivity index (χ2v) is 6.14. The van der Waals surface area contributed by atoms with Crippen molar-refractivity contribution in [3.05, 3.63) is 33.8 Å². The second kappa shape index (κ2) is 9.56. The van der Waals surface area contributed by atoms with E-state index in [1.807, 2.05) is 6.92 Å². The SMILES string of the molecule is CCOC(=O)c1cc(Cl)c(CC)cc1C(=O)OCCCC(C)C. The van der Waals surface area contributed by atoms with Crippen LogP contribution in [0.25, 0.3) is 0 Å². The molecule has 1 rings (SSSR count). The summed E-state index contributed by atoms with van der Waals surface area (Å²) in [7, 11) is 0. The van der Waals surface area contributed by atoms with E-state index in [1.54, 1.807) is 13.0 Å². The Morgan fingerprint density at radius 1 is 1.09 bits per heavy atom. The highest BCUT2D eigenvalue weighted by Crippen LogP contribution is 2.24. The highest BCUT2D eigenvalue weighted by molar-refractivity contribution is 6.32. The van der Waals surface area contributed by atoms with Gasteiger partial charge in [-0.3, -0.25) is 0 Å². The molecule has 0 bridgehead atoms. The van der Waals surface area contributed by atoms with Gasteiger partial charge < -0.3 is 9.47 Å². The zero-order valence-corrected chi connectivity index (χ0v) is 15.0. The van der Waals surface area contributed by atoms with Crippen LogP contribution in [0.3, 0.4) is 0 Å². The number of benzene rings is 1. The lowest BCUT2D eigenvalue weighted by Gasteiger charge is -2.12. The quantitative estimate of drug-likeness (QED) is 0.509. The monoisotopic (exact) mass is 340 g/mol. The number of halogens is 1. The Bertz CT molecular complexity index is 552. The Labute approximate surface area is 143 Å². The fourth-order valence-corrected chi connectivity index (χ4v) is 2.47. The summed E-state index contributed by atoms with van der Waals surface area (Å²) in [5.41, 5.74) is 1.17. The van der Waals surface area contributed by atoms with E-state index < -0.39 is 11.9 Å². The lowest BCUT2D eigenvalue weighted by atomic mass is 10.0. The number of carbonyl (C=O) groups is 2. The molecule has 0 saturated carbocycles. The molecule has 4 nitrogen and oxygen atoms in total. The average molecular weight is 341 g/mol. The molecule has 23 heavy (non-hydrogen) atoms. The fraction of sp³-hybridized carbons (Fsp3) is 0.556. The van der Waals surface area contributed by atoms with Gasteiger partial charge in [-0.2, -0.15) is 0 Å².